The number of nitrogens with zero attached hydrogens (tertiary/aromatic N) is 4. The molecule has 0 aliphatic rings. The van der Waals surface area contributed by atoms with Gasteiger partial charge in [-0.2, -0.15) is 0 Å². The van der Waals surface area contributed by atoms with Gasteiger partial charge in [0.25, 0.3) is 0 Å². The molecule has 1 aromatic carbocycles. The molecule has 150 valence electrons. The van der Waals surface area contributed by atoms with E-state index >= 15 is 0 Å². The smallest absolute Gasteiger partial charge is 0.222 e. The number of nitrogens with one attached hydrogen (secondary N) is 2. The third-order valence-electron chi connectivity index (χ3n) is 4.05. The summed E-state index contributed by atoms with van der Waals surface area (Å²) in [4.78, 5) is 15.6. The van der Waals surface area contributed by atoms with Gasteiger partial charge in [0.2, 0.25) is 5.95 Å². The molecule has 2 heterocycles. The van der Waals surface area contributed by atoms with Gasteiger partial charge in [0.1, 0.15) is 6.23 Å². The van der Waals surface area contributed by atoms with Crippen molar-refractivity contribution in [2.75, 3.05) is 44.1 Å². The molecule has 0 amide bonds. The zero-order valence-corrected chi connectivity index (χ0v) is 17.6. The topological polar surface area (TPSA) is 106 Å². The lowest BCUT2D eigenvalue weighted by molar-refractivity contribution is 0.0396. The van der Waals surface area contributed by atoms with Gasteiger partial charge in [-0.15, -0.1) is 11.8 Å². The maximum atomic E-state index is 10.2. The maximum absolute atomic E-state index is 10.2. The van der Waals surface area contributed by atoms with E-state index in [-0.39, 0.29) is 0 Å². The molecule has 0 aliphatic heterocycles. The van der Waals surface area contributed by atoms with Crippen LogP contribution in [0.5, 0.6) is 0 Å². The summed E-state index contributed by atoms with van der Waals surface area (Å²) < 4.78 is 0.982. The standard InChI is InChI=1S/C18H24N6O2S2/c1-24(2)16(26)11-4-5-14-15(6-11)28-18(23-14)22-8-12(25)7-19-17-20-9-13(27-3)10-21-17/h4-6,9-10,12,16,25-26H,7-8H2,1-3H3,(H,22,23)(H,19,20,21)/t12-,16?/m1/s1. The summed E-state index contributed by atoms with van der Waals surface area (Å²) in [6.45, 7) is 0.679. The Balaban J connectivity index is 1.53. The van der Waals surface area contributed by atoms with Crippen molar-refractivity contribution in [1.82, 2.24) is 19.9 Å². The van der Waals surface area contributed by atoms with Gasteiger partial charge in [0.05, 0.1) is 16.3 Å². The predicted molar refractivity (Wildman–Crippen MR) is 115 cm³/mol. The second-order valence-electron chi connectivity index (χ2n) is 6.45. The van der Waals surface area contributed by atoms with E-state index in [1.165, 1.54) is 11.3 Å². The van der Waals surface area contributed by atoms with Crippen LogP contribution in [0.25, 0.3) is 10.2 Å². The average molecular weight is 421 g/mol. The summed E-state index contributed by atoms with van der Waals surface area (Å²) in [5.74, 6) is 0.490. The highest BCUT2D eigenvalue weighted by molar-refractivity contribution is 7.98. The van der Waals surface area contributed by atoms with Gasteiger partial charge in [-0.05, 0) is 38.0 Å². The Kier molecular flexibility index (Phi) is 7.03. The molecule has 1 unspecified atom stereocenters. The molecule has 3 aromatic rings. The van der Waals surface area contributed by atoms with E-state index in [1.54, 1.807) is 29.1 Å². The van der Waals surface area contributed by atoms with E-state index in [4.69, 9.17) is 0 Å². The Morgan fingerprint density at radius 1 is 1.14 bits per heavy atom. The Hall–Kier alpha value is -1.98. The fourth-order valence-electron chi connectivity index (χ4n) is 2.47. The number of fused-ring (bicyclic) bond motifs is 1. The summed E-state index contributed by atoms with van der Waals surface area (Å²) in [6, 6.07) is 5.71. The normalized spacial score (nSPS) is 13.6. The van der Waals surface area contributed by atoms with Crippen LogP contribution in [0.3, 0.4) is 0 Å². The number of aromatic nitrogens is 3. The molecule has 0 saturated carbocycles. The lowest BCUT2D eigenvalue weighted by atomic mass is 10.2. The number of hydrogen-bond donors (Lipinski definition) is 4. The zero-order valence-electron chi connectivity index (χ0n) is 16.0. The largest absolute Gasteiger partial charge is 0.389 e. The predicted octanol–water partition coefficient (Wildman–Crippen LogP) is 2.25. The Labute approximate surface area is 172 Å². The van der Waals surface area contributed by atoms with Gasteiger partial charge in [-0.1, -0.05) is 17.4 Å². The molecule has 0 saturated heterocycles. The number of anilines is 2. The van der Waals surface area contributed by atoms with E-state index in [0.717, 1.165) is 25.8 Å². The molecule has 8 nitrogen and oxygen atoms in total. The molecule has 0 radical (unpaired) electrons. The highest BCUT2D eigenvalue weighted by Gasteiger charge is 2.13. The number of thioether (sulfide) groups is 1. The molecule has 0 aliphatic carbocycles. The van der Waals surface area contributed by atoms with Gasteiger partial charge >= 0.3 is 0 Å². The molecule has 3 rings (SSSR count). The van der Waals surface area contributed by atoms with Crippen molar-refractivity contribution < 1.29 is 10.2 Å². The first kappa shape index (κ1) is 20.7. The first-order valence-electron chi connectivity index (χ1n) is 8.73. The molecule has 0 bridgehead atoms. The first-order valence-corrected chi connectivity index (χ1v) is 10.8. The molecular weight excluding hydrogens is 396 g/mol. The van der Waals surface area contributed by atoms with E-state index in [2.05, 4.69) is 25.6 Å². The van der Waals surface area contributed by atoms with Gasteiger partial charge in [-0.25, -0.2) is 15.0 Å². The lowest BCUT2D eigenvalue weighted by Crippen LogP contribution is -2.28. The minimum Gasteiger partial charge on any atom is -0.389 e. The Bertz CT molecular complexity index is 903. The van der Waals surface area contributed by atoms with Crippen molar-refractivity contribution in [2.24, 2.45) is 0 Å². The molecule has 10 heteroatoms. The number of hydrogen-bond acceptors (Lipinski definition) is 10. The van der Waals surface area contributed by atoms with Gasteiger partial charge in [-0.3, -0.25) is 4.90 Å². The van der Waals surface area contributed by atoms with Crippen LogP contribution < -0.4 is 10.6 Å². The van der Waals surface area contributed by atoms with Crippen molar-refractivity contribution in [3.63, 3.8) is 0 Å². The maximum Gasteiger partial charge on any atom is 0.222 e. The van der Waals surface area contributed by atoms with Crippen LogP contribution in [0.1, 0.15) is 11.8 Å². The van der Waals surface area contributed by atoms with Crippen molar-refractivity contribution in [3.05, 3.63) is 36.2 Å². The Morgan fingerprint density at radius 3 is 2.54 bits per heavy atom. The monoisotopic (exact) mass is 420 g/mol. The number of rotatable bonds is 9. The highest BCUT2D eigenvalue weighted by atomic mass is 32.2. The summed E-state index contributed by atoms with van der Waals surface area (Å²) in [5.41, 5.74) is 1.68. The quantitative estimate of drug-likeness (QED) is 0.306. The van der Waals surface area contributed by atoms with Crippen LogP contribution >= 0.6 is 23.1 Å². The van der Waals surface area contributed by atoms with E-state index < -0.39 is 12.3 Å². The second kappa shape index (κ2) is 9.48. The molecule has 2 aromatic heterocycles. The fraction of sp³-hybridized carbons (Fsp3) is 0.389. The van der Waals surface area contributed by atoms with Crippen LogP contribution in [0, 0.1) is 0 Å². The van der Waals surface area contributed by atoms with E-state index in [1.807, 2.05) is 38.6 Å². The SMILES string of the molecule is CSc1cnc(NC[C@@H](O)CNc2nc3ccc(C(O)N(C)C)cc3s2)nc1. The van der Waals surface area contributed by atoms with Crippen LogP contribution in [0.15, 0.2) is 35.5 Å². The van der Waals surface area contributed by atoms with Crippen LogP contribution in [-0.2, 0) is 0 Å². The summed E-state index contributed by atoms with van der Waals surface area (Å²) in [6.07, 6.45) is 4.18. The van der Waals surface area contributed by atoms with Crippen molar-refractivity contribution in [2.45, 2.75) is 17.2 Å². The van der Waals surface area contributed by atoms with E-state index in [0.29, 0.717) is 19.0 Å². The van der Waals surface area contributed by atoms with Crippen LogP contribution in [0.4, 0.5) is 11.1 Å². The summed E-state index contributed by atoms with van der Waals surface area (Å²) in [7, 11) is 3.65. The molecule has 4 N–H and O–H groups in total. The number of benzene rings is 1. The third kappa shape index (κ3) is 5.30. The molecule has 28 heavy (non-hydrogen) atoms. The Morgan fingerprint density at radius 2 is 1.86 bits per heavy atom. The van der Waals surface area contributed by atoms with Crippen LogP contribution in [0.2, 0.25) is 0 Å². The number of aliphatic hydroxyl groups is 2. The second-order valence-corrected chi connectivity index (χ2v) is 8.36. The van der Waals surface area contributed by atoms with Crippen molar-refractivity contribution in [1.29, 1.82) is 0 Å². The number of thiazole rings is 1. The van der Waals surface area contributed by atoms with Crippen molar-refractivity contribution in [3.8, 4) is 0 Å². The fourth-order valence-corrected chi connectivity index (χ4v) is 3.71. The molecule has 2 atom stereocenters. The highest BCUT2D eigenvalue weighted by Crippen LogP contribution is 2.29. The van der Waals surface area contributed by atoms with Crippen LogP contribution in [-0.4, -0.2) is 69.6 Å². The van der Waals surface area contributed by atoms with E-state index in [9.17, 15) is 10.2 Å². The summed E-state index contributed by atoms with van der Waals surface area (Å²) in [5, 5.41) is 27.3. The van der Waals surface area contributed by atoms with Gasteiger partial charge < -0.3 is 20.8 Å². The zero-order chi connectivity index (χ0) is 20.1. The number of aliphatic hydroxyl groups excluding tert-OH is 2. The van der Waals surface area contributed by atoms with Crippen molar-refractivity contribution >= 4 is 44.4 Å². The summed E-state index contributed by atoms with van der Waals surface area (Å²) >= 11 is 3.07. The minimum atomic E-state index is -0.650. The average Bonchev–Trinajstić information content (AvgIpc) is 3.12. The van der Waals surface area contributed by atoms with Gasteiger partial charge in [0, 0.05) is 30.4 Å². The minimum absolute atomic E-state index is 0.329. The third-order valence-corrected chi connectivity index (χ3v) is 5.71. The molecule has 0 fully saturated rings. The molecular formula is C18H24N6O2S2. The lowest BCUT2D eigenvalue weighted by Gasteiger charge is -2.18. The molecule has 0 spiro atoms. The first-order chi connectivity index (χ1) is 13.5. The van der Waals surface area contributed by atoms with Gasteiger partial charge in [0.15, 0.2) is 5.13 Å².